The van der Waals surface area contributed by atoms with E-state index in [4.69, 9.17) is 4.74 Å². The minimum absolute atomic E-state index is 0.259. The van der Waals surface area contributed by atoms with Gasteiger partial charge in [0.2, 0.25) is 6.10 Å². The Morgan fingerprint density at radius 3 is 2.32 bits per heavy atom. The van der Waals surface area contributed by atoms with Crippen LogP contribution in [0.3, 0.4) is 0 Å². The van der Waals surface area contributed by atoms with E-state index in [-0.39, 0.29) is 5.56 Å². The summed E-state index contributed by atoms with van der Waals surface area (Å²) in [5.74, 6) is -1.05. The van der Waals surface area contributed by atoms with Gasteiger partial charge in [0.15, 0.2) is 0 Å². The SMILES string of the molecule is Cc1cc(C)cc(NC(=O)C(OC(=O)c2cncc(Br)c2)c2ccccc2)c1. The molecular weight excluding hydrogens is 420 g/mol. The molecule has 1 atom stereocenters. The van der Waals surface area contributed by atoms with Gasteiger partial charge in [0.05, 0.1) is 5.56 Å². The number of hydrogen-bond donors (Lipinski definition) is 1. The van der Waals surface area contributed by atoms with Crippen LogP contribution in [-0.4, -0.2) is 16.9 Å². The number of nitrogens with zero attached hydrogens (tertiary/aromatic N) is 1. The highest BCUT2D eigenvalue weighted by Crippen LogP contribution is 2.23. The van der Waals surface area contributed by atoms with Gasteiger partial charge in [-0.2, -0.15) is 0 Å². The van der Waals surface area contributed by atoms with Gasteiger partial charge in [-0.05, 0) is 59.1 Å². The lowest BCUT2D eigenvalue weighted by Crippen LogP contribution is -2.26. The van der Waals surface area contributed by atoms with Crippen molar-refractivity contribution in [1.29, 1.82) is 0 Å². The molecule has 1 amide bonds. The minimum atomic E-state index is -1.09. The van der Waals surface area contributed by atoms with Crippen LogP contribution in [0, 0.1) is 13.8 Å². The van der Waals surface area contributed by atoms with Crippen LogP contribution in [-0.2, 0) is 9.53 Å². The highest BCUT2D eigenvalue weighted by Gasteiger charge is 2.26. The second-order valence-electron chi connectivity index (χ2n) is 6.45. The van der Waals surface area contributed by atoms with Crippen molar-refractivity contribution < 1.29 is 14.3 Å². The standard InChI is InChI=1S/C22H19BrN2O3/c1-14-8-15(2)10-19(9-14)25-21(26)20(16-6-4-3-5-7-16)28-22(27)17-11-18(23)13-24-12-17/h3-13,20H,1-2H3,(H,25,26). The zero-order chi connectivity index (χ0) is 20.1. The summed E-state index contributed by atoms with van der Waals surface area (Å²) in [4.78, 5) is 29.5. The molecule has 6 heteroatoms. The number of nitrogens with one attached hydrogen (secondary N) is 1. The largest absolute Gasteiger partial charge is 0.444 e. The lowest BCUT2D eigenvalue weighted by molar-refractivity contribution is -0.125. The summed E-state index contributed by atoms with van der Waals surface area (Å²) in [7, 11) is 0. The molecule has 5 nitrogen and oxygen atoms in total. The summed E-state index contributed by atoms with van der Waals surface area (Å²) >= 11 is 3.28. The third kappa shape index (κ3) is 5.04. The number of rotatable bonds is 5. The summed E-state index contributed by atoms with van der Waals surface area (Å²) < 4.78 is 6.21. The van der Waals surface area contributed by atoms with Crippen molar-refractivity contribution in [2.45, 2.75) is 20.0 Å². The molecule has 0 bridgehead atoms. The number of pyridine rings is 1. The first kappa shape index (κ1) is 19.8. The topological polar surface area (TPSA) is 68.3 Å². The first-order valence-electron chi connectivity index (χ1n) is 8.68. The van der Waals surface area contributed by atoms with E-state index in [0.717, 1.165) is 11.1 Å². The fraction of sp³-hybridized carbons (Fsp3) is 0.136. The van der Waals surface area contributed by atoms with Gasteiger partial charge >= 0.3 is 5.97 Å². The number of hydrogen-bond acceptors (Lipinski definition) is 4. The number of aryl methyl sites for hydroxylation is 2. The van der Waals surface area contributed by atoms with Gasteiger partial charge in [0, 0.05) is 28.1 Å². The van der Waals surface area contributed by atoms with Gasteiger partial charge in [-0.1, -0.05) is 36.4 Å². The average molecular weight is 439 g/mol. The molecule has 0 radical (unpaired) electrons. The number of benzene rings is 2. The quantitative estimate of drug-likeness (QED) is 0.569. The van der Waals surface area contributed by atoms with Crippen molar-refractivity contribution in [1.82, 2.24) is 4.98 Å². The van der Waals surface area contributed by atoms with Gasteiger partial charge < -0.3 is 10.1 Å². The summed E-state index contributed by atoms with van der Waals surface area (Å²) in [6.45, 7) is 3.91. The minimum Gasteiger partial charge on any atom is -0.444 e. The van der Waals surface area contributed by atoms with Gasteiger partial charge in [-0.15, -0.1) is 0 Å². The Labute approximate surface area is 171 Å². The average Bonchev–Trinajstić information content (AvgIpc) is 2.65. The fourth-order valence-electron chi connectivity index (χ4n) is 2.85. The molecule has 0 aliphatic rings. The van der Waals surface area contributed by atoms with E-state index in [2.05, 4.69) is 26.2 Å². The molecule has 1 aromatic heterocycles. The third-order valence-corrected chi connectivity index (χ3v) is 4.43. The van der Waals surface area contributed by atoms with Crippen molar-refractivity contribution in [2.24, 2.45) is 0 Å². The van der Waals surface area contributed by atoms with Crippen LogP contribution in [0.4, 0.5) is 5.69 Å². The predicted octanol–water partition coefficient (Wildman–Crippen LogP) is 5.00. The molecule has 1 N–H and O–H groups in total. The van der Waals surface area contributed by atoms with Crippen molar-refractivity contribution in [3.8, 4) is 0 Å². The molecule has 0 spiro atoms. The lowest BCUT2D eigenvalue weighted by atomic mass is 10.1. The number of anilines is 1. The Morgan fingerprint density at radius 2 is 1.68 bits per heavy atom. The maximum absolute atomic E-state index is 13.0. The van der Waals surface area contributed by atoms with Gasteiger partial charge in [-0.3, -0.25) is 9.78 Å². The van der Waals surface area contributed by atoms with Crippen LogP contribution in [0.15, 0.2) is 71.5 Å². The first-order valence-corrected chi connectivity index (χ1v) is 9.47. The zero-order valence-corrected chi connectivity index (χ0v) is 17.1. The van der Waals surface area contributed by atoms with Crippen molar-refractivity contribution in [2.75, 3.05) is 5.32 Å². The first-order chi connectivity index (χ1) is 13.4. The van der Waals surface area contributed by atoms with Gasteiger partial charge in [0.1, 0.15) is 0 Å². The van der Waals surface area contributed by atoms with E-state index in [1.54, 1.807) is 36.5 Å². The number of carbonyl (C=O) groups is 2. The lowest BCUT2D eigenvalue weighted by Gasteiger charge is -2.18. The molecular formula is C22H19BrN2O3. The Bertz CT molecular complexity index is 985. The predicted molar refractivity (Wildman–Crippen MR) is 111 cm³/mol. The molecule has 0 aliphatic carbocycles. The number of carbonyl (C=O) groups excluding carboxylic acids is 2. The van der Waals surface area contributed by atoms with Crippen molar-refractivity contribution in [3.05, 3.63) is 93.7 Å². The van der Waals surface area contributed by atoms with E-state index in [1.807, 2.05) is 38.1 Å². The van der Waals surface area contributed by atoms with Crippen LogP contribution in [0.2, 0.25) is 0 Å². The summed E-state index contributed by atoms with van der Waals surface area (Å²) in [5.41, 5.74) is 3.56. The van der Waals surface area contributed by atoms with Crippen LogP contribution >= 0.6 is 15.9 Å². The maximum atomic E-state index is 13.0. The van der Waals surface area contributed by atoms with E-state index >= 15 is 0 Å². The molecule has 2 aromatic carbocycles. The molecule has 1 unspecified atom stereocenters. The molecule has 0 saturated heterocycles. The molecule has 28 heavy (non-hydrogen) atoms. The van der Waals surface area contributed by atoms with Crippen molar-refractivity contribution in [3.63, 3.8) is 0 Å². The zero-order valence-electron chi connectivity index (χ0n) is 15.5. The van der Waals surface area contributed by atoms with Crippen LogP contribution < -0.4 is 5.32 Å². The number of esters is 1. The fourth-order valence-corrected chi connectivity index (χ4v) is 3.22. The monoisotopic (exact) mass is 438 g/mol. The van der Waals surface area contributed by atoms with Gasteiger partial charge in [-0.25, -0.2) is 4.79 Å². The van der Waals surface area contributed by atoms with Crippen molar-refractivity contribution >= 4 is 33.5 Å². The van der Waals surface area contributed by atoms with Gasteiger partial charge in [0.25, 0.3) is 5.91 Å². The smallest absolute Gasteiger partial charge is 0.340 e. The summed E-state index contributed by atoms with van der Waals surface area (Å²) in [6, 6.07) is 16.3. The Balaban J connectivity index is 1.86. The second kappa shape index (κ2) is 8.80. The number of aromatic nitrogens is 1. The van der Waals surface area contributed by atoms with E-state index in [1.165, 1.54) is 6.20 Å². The highest BCUT2D eigenvalue weighted by atomic mass is 79.9. The van der Waals surface area contributed by atoms with E-state index in [0.29, 0.717) is 15.7 Å². The van der Waals surface area contributed by atoms with E-state index in [9.17, 15) is 9.59 Å². The van der Waals surface area contributed by atoms with Crippen LogP contribution in [0.5, 0.6) is 0 Å². The molecule has 0 aliphatic heterocycles. The van der Waals surface area contributed by atoms with Crippen LogP contribution in [0.25, 0.3) is 0 Å². The molecule has 3 aromatic rings. The summed E-state index contributed by atoms with van der Waals surface area (Å²) in [5, 5.41) is 2.85. The molecule has 142 valence electrons. The molecule has 0 saturated carbocycles. The number of ether oxygens (including phenoxy) is 1. The third-order valence-electron chi connectivity index (χ3n) is 4.00. The number of amides is 1. The van der Waals surface area contributed by atoms with Crippen LogP contribution in [0.1, 0.15) is 33.2 Å². The normalized spacial score (nSPS) is 11.5. The second-order valence-corrected chi connectivity index (χ2v) is 7.37. The highest BCUT2D eigenvalue weighted by molar-refractivity contribution is 9.10. The molecule has 1 heterocycles. The molecule has 0 fully saturated rings. The summed E-state index contributed by atoms with van der Waals surface area (Å²) in [6.07, 6.45) is 1.88. The Morgan fingerprint density at radius 1 is 1.00 bits per heavy atom. The molecule has 3 rings (SSSR count). The Hall–Kier alpha value is -2.99. The Kier molecular flexibility index (Phi) is 6.21. The maximum Gasteiger partial charge on any atom is 0.340 e. The number of halogens is 1. The van der Waals surface area contributed by atoms with E-state index < -0.39 is 18.0 Å².